The van der Waals surface area contributed by atoms with Gasteiger partial charge in [-0.1, -0.05) is 11.6 Å². The highest BCUT2D eigenvalue weighted by molar-refractivity contribution is 6.30. The zero-order chi connectivity index (χ0) is 22.0. The molecule has 2 atom stereocenters. The van der Waals surface area contributed by atoms with Crippen molar-refractivity contribution in [3.8, 4) is 0 Å². The number of halogens is 1. The van der Waals surface area contributed by atoms with Crippen molar-refractivity contribution < 1.29 is 19.5 Å². The van der Waals surface area contributed by atoms with Crippen molar-refractivity contribution >= 4 is 40.8 Å². The van der Waals surface area contributed by atoms with Crippen LogP contribution in [0.3, 0.4) is 0 Å². The average molecular weight is 443 g/mol. The molecule has 0 saturated carbocycles. The van der Waals surface area contributed by atoms with Crippen LogP contribution in [0.2, 0.25) is 5.02 Å². The highest BCUT2D eigenvalue weighted by Crippen LogP contribution is 2.23. The van der Waals surface area contributed by atoms with Gasteiger partial charge in [0.25, 0.3) is 5.91 Å². The Hall–Kier alpha value is -3.10. The highest BCUT2D eigenvalue weighted by atomic mass is 35.5. The summed E-state index contributed by atoms with van der Waals surface area (Å²) in [6.07, 6.45) is 0.379. The van der Waals surface area contributed by atoms with E-state index >= 15 is 0 Å². The molecule has 2 heterocycles. The van der Waals surface area contributed by atoms with Crippen LogP contribution < -0.4 is 10.6 Å². The van der Waals surface area contributed by atoms with Crippen LogP contribution in [-0.4, -0.2) is 64.5 Å². The third-order valence-electron chi connectivity index (χ3n) is 5.48. The number of carbonyl (C=O) groups excluding carboxylic acids is 3. The molecule has 162 valence electrons. The SMILES string of the molecule is O=C(Nc1ccc(C(=O)N2CCC2)cc1)C1CC(O)CN1C(=O)Nc1ccc(Cl)cc1. The minimum atomic E-state index is -0.815. The summed E-state index contributed by atoms with van der Waals surface area (Å²) in [6, 6.07) is 12.0. The van der Waals surface area contributed by atoms with Gasteiger partial charge in [-0.05, 0) is 55.0 Å². The quantitative estimate of drug-likeness (QED) is 0.677. The minimum absolute atomic E-state index is 0.0203. The van der Waals surface area contributed by atoms with Gasteiger partial charge in [-0.3, -0.25) is 9.59 Å². The lowest BCUT2D eigenvalue weighted by Gasteiger charge is -2.30. The first-order valence-corrected chi connectivity index (χ1v) is 10.5. The van der Waals surface area contributed by atoms with Crippen molar-refractivity contribution in [2.24, 2.45) is 0 Å². The van der Waals surface area contributed by atoms with Crippen LogP contribution >= 0.6 is 11.6 Å². The van der Waals surface area contributed by atoms with Gasteiger partial charge in [0, 0.05) is 48.0 Å². The molecule has 0 radical (unpaired) electrons. The van der Waals surface area contributed by atoms with Crippen molar-refractivity contribution in [1.82, 2.24) is 9.80 Å². The number of aliphatic hydroxyl groups excluding tert-OH is 1. The second-order valence-electron chi connectivity index (χ2n) is 7.71. The highest BCUT2D eigenvalue weighted by Gasteiger charge is 2.39. The van der Waals surface area contributed by atoms with E-state index < -0.39 is 24.1 Å². The largest absolute Gasteiger partial charge is 0.391 e. The summed E-state index contributed by atoms with van der Waals surface area (Å²) in [6.45, 7) is 1.60. The van der Waals surface area contributed by atoms with Crippen molar-refractivity contribution in [2.75, 3.05) is 30.3 Å². The predicted octanol–water partition coefficient (Wildman–Crippen LogP) is 2.79. The fraction of sp³-hybridized carbons (Fsp3) is 0.318. The van der Waals surface area contributed by atoms with Crippen molar-refractivity contribution in [3.05, 3.63) is 59.1 Å². The molecule has 0 aliphatic carbocycles. The van der Waals surface area contributed by atoms with Crippen LogP contribution in [0, 0.1) is 0 Å². The van der Waals surface area contributed by atoms with E-state index in [9.17, 15) is 19.5 Å². The molecule has 9 heteroatoms. The molecule has 4 amide bonds. The van der Waals surface area contributed by atoms with Crippen molar-refractivity contribution in [2.45, 2.75) is 25.0 Å². The number of hydrogen-bond donors (Lipinski definition) is 3. The predicted molar refractivity (Wildman–Crippen MR) is 117 cm³/mol. The van der Waals surface area contributed by atoms with E-state index in [1.54, 1.807) is 53.4 Å². The Kier molecular flexibility index (Phi) is 6.11. The Balaban J connectivity index is 1.39. The number of β-amino-alcohol motifs (C(OH)–C–C–N with tert-alkyl or cyclic N) is 1. The Labute approximate surface area is 184 Å². The second-order valence-corrected chi connectivity index (χ2v) is 8.14. The zero-order valence-corrected chi connectivity index (χ0v) is 17.5. The minimum Gasteiger partial charge on any atom is -0.391 e. The Bertz CT molecular complexity index is 976. The first-order chi connectivity index (χ1) is 14.9. The summed E-state index contributed by atoms with van der Waals surface area (Å²) < 4.78 is 0. The standard InChI is InChI=1S/C22H23ClN4O4/c23-15-4-8-17(9-5-15)25-22(31)27-13-18(28)12-19(27)20(29)24-16-6-2-14(3-7-16)21(30)26-10-1-11-26/h2-9,18-19,28H,1,10-13H2,(H,24,29)(H,25,31). The van der Waals surface area contributed by atoms with Gasteiger partial charge < -0.3 is 25.5 Å². The molecule has 2 saturated heterocycles. The van der Waals surface area contributed by atoms with E-state index in [-0.39, 0.29) is 18.9 Å². The number of anilines is 2. The first-order valence-electron chi connectivity index (χ1n) is 10.1. The molecule has 0 aromatic heterocycles. The normalized spacial score (nSPS) is 20.2. The molecule has 4 rings (SSSR count). The number of nitrogens with zero attached hydrogens (tertiary/aromatic N) is 2. The maximum atomic E-state index is 12.8. The van der Waals surface area contributed by atoms with Gasteiger partial charge in [0.15, 0.2) is 0 Å². The summed E-state index contributed by atoms with van der Waals surface area (Å²) in [5.74, 6) is -0.419. The van der Waals surface area contributed by atoms with Crippen LogP contribution in [0.5, 0.6) is 0 Å². The lowest BCUT2D eigenvalue weighted by Crippen LogP contribution is -2.45. The van der Waals surface area contributed by atoms with Crippen LogP contribution in [0.1, 0.15) is 23.2 Å². The number of carbonyl (C=O) groups is 3. The molecule has 2 fully saturated rings. The van der Waals surface area contributed by atoms with Crippen LogP contribution in [0.25, 0.3) is 0 Å². The molecule has 2 aliphatic heterocycles. The summed E-state index contributed by atoms with van der Waals surface area (Å²) in [5.41, 5.74) is 1.62. The van der Waals surface area contributed by atoms with Gasteiger partial charge in [-0.15, -0.1) is 0 Å². The Morgan fingerprint density at radius 1 is 0.935 bits per heavy atom. The fourth-order valence-electron chi connectivity index (χ4n) is 3.64. The smallest absolute Gasteiger partial charge is 0.322 e. The van der Waals surface area contributed by atoms with Gasteiger partial charge in [0.1, 0.15) is 6.04 Å². The molecule has 8 nitrogen and oxygen atoms in total. The van der Waals surface area contributed by atoms with E-state index in [2.05, 4.69) is 10.6 Å². The van der Waals surface area contributed by atoms with Crippen molar-refractivity contribution in [3.63, 3.8) is 0 Å². The van der Waals surface area contributed by atoms with Gasteiger partial charge >= 0.3 is 6.03 Å². The fourth-order valence-corrected chi connectivity index (χ4v) is 3.76. The maximum absolute atomic E-state index is 12.8. The molecule has 2 aromatic rings. The average Bonchev–Trinajstić information content (AvgIpc) is 3.11. The third-order valence-corrected chi connectivity index (χ3v) is 5.73. The molecular weight excluding hydrogens is 420 g/mol. The number of urea groups is 1. The lowest BCUT2D eigenvalue weighted by molar-refractivity contribution is -0.119. The number of nitrogens with one attached hydrogen (secondary N) is 2. The Morgan fingerprint density at radius 2 is 1.55 bits per heavy atom. The van der Waals surface area contributed by atoms with Gasteiger partial charge in [0.2, 0.25) is 5.91 Å². The summed E-state index contributed by atoms with van der Waals surface area (Å²) in [4.78, 5) is 40.8. The molecular formula is C22H23ClN4O4. The summed E-state index contributed by atoms with van der Waals surface area (Å²) >= 11 is 5.86. The number of rotatable bonds is 4. The molecule has 2 unspecified atom stereocenters. The topological polar surface area (TPSA) is 102 Å². The van der Waals surface area contributed by atoms with E-state index in [1.807, 2.05) is 0 Å². The number of aliphatic hydroxyl groups is 1. The van der Waals surface area contributed by atoms with Crippen molar-refractivity contribution in [1.29, 1.82) is 0 Å². The number of benzene rings is 2. The van der Waals surface area contributed by atoms with E-state index in [1.165, 1.54) is 4.90 Å². The number of hydrogen-bond acceptors (Lipinski definition) is 4. The van der Waals surface area contributed by atoms with E-state index in [0.29, 0.717) is 22.0 Å². The summed E-state index contributed by atoms with van der Waals surface area (Å²) in [7, 11) is 0. The summed E-state index contributed by atoms with van der Waals surface area (Å²) in [5, 5.41) is 16.1. The van der Waals surface area contributed by atoms with Crippen LogP contribution in [0.4, 0.5) is 16.2 Å². The maximum Gasteiger partial charge on any atom is 0.322 e. The molecule has 0 spiro atoms. The number of likely N-dealkylation sites (tertiary alicyclic amines) is 2. The molecule has 2 aliphatic rings. The third kappa shape index (κ3) is 4.81. The number of amides is 4. The molecule has 0 bridgehead atoms. The Morgan fingerprint density at radius 3 is 2.16 bits per heavy atom. The zero-order valence-electron chi connectivity index (χ0n) is 16.8. The molecule has 2 aromatic carbocycles. The van der Waals surface area contributed by atoms with E-state index in [0.717, 1.165) is 19.5 Å². The second kappa shape index (κ2) is 8.95. The molecule has 3 N–H and O–H groups in total. The van der Waals surface area contributed by atoms with Crippen LogP contribution in [-0.2, 0) is 4.79 Å². The van der Waals surface area contributed by atoms with Gasteiger partial charge in [-0.2, -0.15) is 0 Å². The monoisotopic (exact) mass is 442 g/mol. The lowest BCUT2D eigenvalue weighted by atomic mass is 10.1. The first kappa shape index (κ1) is 21.1. The van der Waals surface area contributed by atoms with Gasteiger partial charge in [-0.25, -0.2) is 4.79 Å². The van der Waals surface area contributed by atoms with Gasteiger partial charge in [0.05, 0.1) is 6.10 Å². The molecule has 31 heavy (non-hydrogen) atoms. The van der Waals surface area contributed by atoms with Crippen LogP contribution in [0.15, 0.2) is 48.5 Å². The van der Waals surface area contributed by atoms with E-state index in [4.69, 9.17) is 11.6 Å².